The first kappa shape index (κ1) is 14.2. The summed E-state index contributed by atoms with van der Waals surface area (Å²) in [7, 11) is 2.09. The number of carbonyl (C=O) groups is 1. The van der Waals surface area contributed by atoms with Crippen LogP contribution in [0.1, 0.15) is 32.3 Å². The summed E-state index contributed by atoms with van der Waals surface area (Å²) in [6.07, 6.45) is 5.62. The minimum atomic E-state index is 0.206. The predicted molar refractivity (Wildman–Crippen MR) is 76.6 cm³/mol. The maximum absolute atomic E-state index is 12.2. The summed E-state index contributed by atoms with van der Waals surface area (Å²) in [6.45, 7) is 6.13. The molecule has 1 aliphatic carbocycles. The second kappa shape index (κ2) is 6.29. The normalized spacial score (nSPS) is 27.8. The predicted octanol–water partition coefficient (Wildman–Crippen LogP) is 2.76. The molecule has 104 valence electrons. The quantitative estimate of drug-likeness (QED) is 0.834. The Morgan fingerprint density at radius 2 is 2.21 bits per heavy atom. The molecule has 1 aromatic rings. The summed E-state index contributed by atoms with van der Waals surface area (Å²) >= 11 is 0. The lowest BCUT2D eigenvalue weighted by Gasteiger charge is -2.34. The molecular weight excluding hydrogens is 236 g/mol. The van der Waals surface area contributed by atoms with Crippen molar-refractivity contribution in [3.8, 4) is 0 Å². The Kier molecular flexibility index (Phi) is 4.70. The van der Waals surface area contributed by atoms with Gasteiger partial charge in [0.15, 0.2) is 0 Å². The van der Waals surface area contributed by atoms with Crippen LogP contribution >= 0.6 is 0 Å². The van der Waals surface area contributed by atoms with Crippen LogP contribution in [-0.4, -0.2) is 29.3 Å². The minimum Gasteiger partial charge on any atom is -0.301 e. The van der Waals surface area contributed by atoms with Crippen LogP contribution in [0.15, 0.2) is 24.5 Å². The Labute approximate surface area is 116 Å². The molecule has 1 aromatic heterocycles. The summed E-state index contributed by atoms with van der Waals surface area (Å²) in [5, 5.41) is 0. The molecule has 0 bridgehead atoms. The van der Waals surface area contributed by atoms with Gasteiger partial charge in [0, 0.05) is 37.8 Å². The van der Waals surface area contributed by atoms with Gasteiger partial charge in [0.2, 0.25) is 0 Å². The van der Waals surface area contributed by atoms with E-state index in [0.717, 1.165) is 19.5 Å². The third kappa shape index (κ3) is 3.87. The van der Waals surface area contributed by atoms with Crippen molar-refractivity contribution >= 4 is 5.78 Å². The zero-order chi connectivity index (χ0) is 13.8. The summed E-state index contributed by atoms with van der Waals surface area (Å²) in [5.41, 5.74) is 1.20. The lowest BCUT2D eigenvalue weighted by Crippen LogP contribution is -2.38. The fourth-order valence-electron chi connectivity index (χ4n) is 3.18. The van der Waals surface area contributed by atoms with Crippen LogP contribution in [0.3, 0.4) is 0 Å². The molecule has 3 nitrogen and oxygen atoms in total. The van der Waals surface area contributed by atoms with Gasteiger partial charge in [0.1, 0.15) is 5.78 Å². The van der Waals surface area contributed by atoms with Gasteiger partial charge in [-0.2, -0.15) is 0 Å². The van der Waals surface area contributed by atoms with E-state index in [1.165, 1.54) is 12.0 Å². The van der Waals surface area contributed by atoms with Crippen molar-refractivity contribution in [2.45, 2.75) is 33.2 Å². The summed E-state index contributed by atoms with van der Waals surface area (Å²) in [4.78, 5) is 18.5. The second-order valence-corrected chi connectivity index (χ2v) is 6.15. The van der Waals surface area contributed by atoms with Gasteiger partial charge >= 0.3 is 0 Å². The number of carbonyl (C=O) groups excluding carboxylic acids is 1. The largest absolute Gasteiger partial charge is 0.301 e. The van der Waals surface area contributed by atoms with Gasteiger partial charge in [0.05, 0.1) is 0 Å². The molecule has 2 rings (SSSR count). The number of ketones is 1. The summed E-state index contributed by atoms with van der Waals surface area (Å²) < 4.78 is 0. The lowest BCUT2D eigenvalue weighted by molar-refractivity contribution is -0.128. The molecule has 1 heterocycles. The molecule has 3 heteroatoms. The van der Waals surface area contributed by atoms with Crippen LogP contribution in [-0.2, 0) is 11.3 Å². The number of nitrogens with zero attached hydrogens (tertiary/aromatic N) is 2. The second-order valence-electron chi connectivity index (χ2n) is 6.15. The first-order chi connectivity index (χ1) is 9.06. The van der Waals surface area contributed by atoms with E-state index < -0.39 is 0 Å². The van der Waals surface area contributed by atoms with Gasteiger partial charge in [-0.05, 0) is 36.9 Å². The molecular formula is C16H24N2O. The van der Waals surface area contributed by atoms with Crippen molar-refractivity contribution in [1.29, 1.82) is 0 Å². The van der Waals surface area contributed by atoms with E-state index in [0.29, 0.717) is 17.6 Å². The minimum absolute atomic E-state index is 0.206. The van der Waals surface area contributed by atoms with Gasteiger partial charge in [-0.3, -0.25) is 9.78 Å². The molecule has 3 unspecified atom stereocenters. The number of hydrogen-bond donors (Lipinski definition) is 0. The number of hydrogen-bond acceptors (Lipinski definition) is 3. The Morgan fingerprint density at radius 3 is 2.84 bits per heavy atom. The van der Waals surface area contributed by atoms with E-state index >= 15 is 0 Å². The van der Waals surface area contributed by atoms with Crippen LogP contribution in [0, 0.1) is 17.8 Å². The first-order valence-electron chi connectivity index (χ1n) is 7.16. The molecule has 0 radical (unpaired) electrons. The highest BCUT2D eigenvalue weighted by atomic mass is 16.1. The van der Waals surface area contributed by atoms with E-state index in [1.54, 1.807) is 6.20 Å². The van der Waals surface area contributed by atoms with E-state index in [-0.39, 0.29) is 5.92 Å². The highest BCUT2D eigenvalue weighted by Gasteiger charge is 2.32. The van der Waals surface area contributed by atoms with Crippen LogP contribution in [0.5, 0.6) is 0 Å². The van der Waals surface area contributed by atoms with Gasteiger partial charge in [0.25, 0.3) is 0 Å². The molecule has 1 saturated carbocycles. The molecule has 19 heavy (non-hydrogen) atoms. The molecule has 3 atom stereocenters. The van der Waals surface area contributed by atoms with Crippen molar-refractivity contribution in [1.82, 2.24) is 9.88 Å². The van der Waals surface area contributed by atoms with Crippen molar-refractivity contribution in [3.63, 3.8) is 0 Å². The third-order valence-corrected chi connectivity index (χ3v) is 4.11. The Morgan fingerprint density at radius 1 is 1.42 bits per heavy atom. The highest BCUT2D eigenvalue weighted by molar-refractivity contribution is 5.82. The van der Waals surface area contributed by atoms with E-state index in [1.807, 2.05) is 12.3 Å². The van der Waals surface area contributed by atoms with Crippen LogP contribution in [0.25, 0.3) is 0 Å². The fourth-order valence-corrected chi connectivity index (χ4v) is 3.18. The lowest BCUT2D eigenvalue weighted by atomic mass is 9.74. The zero-order valence-corrected chi connectivity index (χ0v) is 12.2. The van der Waals surface area contributed by atoms with Crippen molar-refractivity contribution in [3.05, 3.63) is 30.1 Å². The average molecular weight is 260 g/mol. The monoisotopic (exact) mass is 260 g/mol. The topological polar surface area (TPSA) is 33.2 Å². The molecule has 0 aliphatic heterocycles. The van der Waals surface area contributed by atoms with E-state index in [9.17, 15) is 4.79 Å². The molecule has 1 aliphatic rings. The van der Waals surface area contributed by atoms with Gasteiger partial charge in [-0.25, -0.2) is 0 Å². The molecule has 0 N–H and O–H groups in total. The number of rotatable bonds is 4. The van der Waals surface area contributed by atoms with Gasteiger partial charge < -0.3 is 4.90 Å². The van der Waals surface area contributed by atoms with Gasteiger partial charge in [-0.15, -0.1) is 0 Å². The SMILES string of the molecule is CC1CC(=O)C(CN(C)Cc2cccnc2)C(C)C1. The zero-order valence-electron chi connectivity index (χ0n) is 12.2. The average Bonchev–Trinajstić information content (AvgIpc) is 2.35. The molecule has 0 amide bonds. The number of aromatic nitrogens is 1. The molecule has 0 saturated heterocycles. The fraction of sp³-hybridized carbons (Fsp3) is 0.625. The maximum atomic E-state index is 12.2. The first-order valence-corrected chi connectivity index (χ1v) is 7.16. The summed E-state index contributed by atoms with van der Waals surface area (Å²) in [6, 6.07) is 4.04. The van der Waals surface area contributed by atoms with Crippen LogP contribution < -0.4 is 0 Å². The van der Waals surface area contributed by atoms with Crippen LogP contribution in [0.4, 0.5) is 0 Å². The highest BCUT2D eigenvalue weighted by Crippen LogP contribution is 2.31. The van der Waals surface area contributed by atoms with Crippen molar-refractivity contribution in [2.24, 2.45) is 17.8 Å². The molecule has 1 fully saturated rings. The number of pyridine rings is 1. The third-order valence-electron chi connectivity index (χ3n) is 4.11. The van der Waals surface area contributed by atoms with E-state index in [4.69, 9.17) is 0 Å². The summed E-state index contributed by atoms with van der Waals surface area (Å²) in [5.74, 6) is 1.72. The maximum Gasteiger partial charge on any atom is 0.137 e. The van der Waals surface area contributed by atoms with Crippen LogP contribution in [0.2, 0.25) is 0 Å². The smallest absolute Gasteiger partial charge is 0.137 e. The van der Waals surface area contributed by atoms with E-state index in [2.05, 4.69) is 36.8 Å². The molecule has 0 spiro atoms. The molecule has 0 aromatic carbocycles. The van der Waals surface area contributed by atoms with Crippen molar-refractivity contribution < 1.29 is 4.79 Å². The Balaban J connectivity index is 1.91. The number of Topliss-reactive ketones (excluding diaryl/α,β-unsaturated/α-hetero) is 1. The van der Waals surface area contributed by atoms with Gasteiger partial charge in [-0.1, -0.05) is 19.9 Å². The Hall–Kier alpha value is -1.22. The Bertz CT molecular complexity index is 418. The standard InChI is InChI=1S/C16H24N2O/c1-12-7-13(2)15(16(19)8-12)11-18(3)10-14-5-4-6-17-9-14/h4-6,9,12-13,15H,7-8,10-11H2,1-3H3. The van der Waals surface area contributed by atoms with Crippen molar-refractivity contribution in [2.75, 3.05) is 13.6 Å².